The molecule has 0 saturated carbocycles. The summed E-state index contributed by atoms with van der Waals surface area (Å²) in [6, 6.07) is 9.71. The number of amides is 1. The van der Waals surface area contributed by atoms with E-state index in [4.69, 9.17) is 10.5 Å². The molecule has 0 unspecified atom stereocenters. The van der Waals surface area contributed by atoms with Crippen LogP contribution < -0.4 is 15.4 Å². The van der Waals surface area contributed by atoms with E-state index in [9.17, 15) is 9.90 Å². The summed E-state index contributed by atoms with van der Waals surface area (Å²) in [6.07, 6.45) is 2.46. The number of nitrogens with two attached hydrogens (primary N) is 1. The number of aliphatic hydroxyl groups excluding tert-OH is 1. The number of aliphatic hydroxyl groups is 1. The van der Waals surface area contributed by atoms with E-state index in [-0.39, 0.29) is 12.5 Å². The monoisotopic (exact) mass is 366 g/mol. The van der Waals surface area contributed by atoms with Crippen LogP contribution in [0.1, 0.15) is 16.8 Å². The first-order valence-electron chi connectivity index (χ1n) is 8.92. The summed E-state index contributed by atoms with van der Waals surface area (Å²) in [7, 11) is 1.63. The van der Waals surface area contributed by atoms with Crippen LogP contribution in [0.3, 0.4) is 0 Å². The third kappa shape index (κ3) is 3.00. The van der Waals surface area contributed by atoms with Gasteiger partial charge in [0, 0.05) is 31.2 Å². The van der Waals surface area contributed by atoms with Crippen LogP contribution in [0.4, 0.5) is 5.69 Å². The van der Waals surface area contributed by atoms with Crippen molar-refractivity contribution in [1.82, 2.24) is 9.97 Å². The number of primary amides is 1. The molecule has 2 aromatic carbocycles. The molecule has 7 heteroatoms. The number of carbonyl (C=O) groups is 1. The molecule has 7 nitrogen and oxygen atoms in total. The van der Waals surface area contributed by atoms with Crippen LogP contribution in [-0.2, 0) is 0 Å². The second-order valence-corrected chi connectivity index (χ2v) is 6.82. The number of aromatic amines is 1. The van der Waals surface area contributed by atoms with Gasteiger partial charge in [-0.3, -0.25) is 4.79 Å². The van der Waals surface area contributed by atoms with Gasteiger partial charge >= 0.3 is 0 Å². The maximum absolute atomic E-state index is 12.3. The van der Waals surface area contributed by atoms with Crippen molar-refractivity contribution >= 4 is 22.6 Å². The van der Waals surface area contributed by atoms with Gasteiger partial charge in [0.2, 0.25) is 0 Å². The fourth-order valence-electron chi connectivity index (χ4n) is 3.78. The molecule has 27 heavy (non-hydrogen) atoms. The Hall–Kier alpha value is -3.06. The molecule has 0 aliphatic carbocycles. The first-order valence-corrected chi connectivity index (χ1v) is 8.92. The molecule has 1 aromatic heterocycles. The first kappa shape index (κ1) is 17.4. The number of nitrogens with one attached hydrogen (secondary N) is 1. The Morgan fingerprint density at radius 2 is 2.19 bits per heavy atom. The predicted octanol–water partition coefficient (Wildman–Crippen LogP) is 2.16. The SMILES string of the molecule is COc1ccc(-c2cc(N3CC[C@H](CO)C3)c(C(N)=O)c3[nH]cnc23)cc1. The topological polar surface area (TPSA) is 104 Å². The first-order chi connectivity index (χ1) is 13.1. The molecule has 1 aliphatic rings. The number of benzene rings is 2. The van der Waals surface area contributed by atoms with E-state index in [1.807, 2.05) is 30.3 Å². The zero-order valence-electron chi connectivity index (χ0n) is 15.1. The van der Waals surface area contributed by atoms with Crippen molar-refractivity contribution in [2.24, 2.45) is 11.7 Å². The molecule has 0 radical (unpaired) electrons. The molecule has 0 bridgehead atoms. The quantitative estimate of drug-likeness (QED) is 0.642. The minimum Gasteiger partial charge on any atom is -0.497 e. The number of methoxy groups -OCH3 is 1. The number of carbonyl (C=O) groups excluding carboxylic acids is 1. The Morgan fingerprint density at radius 1 is 1.41 bits per heavy atom. The highest BCUT2D eigenvalue weighted by molar-refractivity contribution is 6.12. The van der Waals surface area contributed by atoms with Gasteiger partial charge in [-0.2, -0.15) is 0 Å². The maximum Gasteiger partial charge on any atom is 0.253 e. The summed E-state index contributed by atoms with van der Waals surface area (Å²) in [6.45, 7) is 1.60. The Labute approximate surface area is 156 Å². The number of hydrogen-bond acceptors (Lipinski definition) is 5. The Kier molecular flexibility index (Phi) is 4.45. The van der Waals surface area contributed by atoms with Crippen LogP contribution in [0.2, 0.25) is 0 Å². The van der Waals surface area contributed by atoms with Crippen molar-refractivity contribution < 1.29 is 14.6 Å². The zero-order valence-corrected chi connectivity index (χ0v) is 15.1. The number of anilines is 1. The van der Waals surface area contributed by atoms with Gasteiger partial charge in [-0.15, -0.1) is 0 Å². The zero-order chi connectivity index (χ0) is 19.0. The highest BCUT2D eigenvalue weighted by Crippen LogP contribution is 2.38. The molecule has 1 fully saturated rings. The molecule has 4 rings (SSSR count). The summed E-state index contributed by atoms with van der Waals surface area (Å²) in [5, 5.41) is 9.48. The molecule has 1 aliphatic heterocycles. The highest BCUT2D eigenvalue weighted by atomic mass is 16.5. The predicted molar refractivity (Wildman–Crippen MR) is 104 cm³/mol. The van der Waals surface area contributed by atoms with Crippen molar-refractivity contribution in [2.75, 3.05) is 31.7 Å². The third-order valence-electron chi connectivity index (χ3n) is 5.21. The van der Waals surface area contributed by atoms with Crippen LogP contribution >= 0.6 is 0 Å². The highest BCUT2D eigenvalue weighted by Gasteiger charge is 2.28. The van der Waals surface area contributed by atoms with Gasteiger partial charge in [-0.25, -0.2) is 4.98 Å². The number of ether oxygens (including phenoxy) is 1. The summed E-state index contributed by atoms with van der Waals surface area (Å²) >= 11 is 0. The smallest absolute Gasteiger partial charge is 0.253 e. The largest absolute Gasteiger partial charge is 0.497 e. The normalized spacial score (nSPS) is 16.8. The number of aromatic nitrogens is 2. The number of fused-ring (bicyclic) bond motifs is 1. The van der Waals surface area contributed by atoms with Crippen LogP contribution in [0.15, 0.2) is 36.7 Å². The van der Waals surface area contributed by atoms with E-state index >= 15 is 0 Å². The van der Waals surface area contributed by atoms with E-state index in [0.29, 0.717) is 23.1 Å². The molecular formula is C20H22N4O3. The summed E-state index contributed by atoms with van der Waals surface area (Å²) in [5.74, 6) is 0.483. The molecule has 2 heterocycles. The Morgan fingerprint density at radius 3 is 2.81 bits per heavy atom. The minimum atomic E-state index is -0.493. The van der Waals surface area contributed by atoms with E-state index < -0.39 is 5.91 Å². The van der Waals surface area contributed by atoms with Crippen molar-refractivity contribution in [3.05, 3.63) is 42.2 Å². The molecule has 4 N–H and O–H groups in total. The van der Waals surface area contributed by atoms with Crippen LogP contribution in [0.25, 0.3) is 22.2 Å². The van der Waals surface area contributed by atoms with Crippen molar-refractivity contribution in [1.29, 1.82) is 0 Å². The molecular weight excluding hydrogens is 344 g/mol. The van der Waals surface area contributed by atoms with Crippen molar-refractivity contribution in [3.63, 3.8) is 0 Å². The number of nitrogens with zero attached hydrogens (tertiary/aromatic N) is 2. The molecule has 1 amide bonds. The number of rotatable bonds is 5. The van der Waals surface area contributed by atoms with Crippen LogP contribution in [0, 0.1) is 5.92 Å². The third-order valence-corrected chi connectivity index (χ3v) is 5.21. The molecule has 1 saturated heterocycles. The summed E-state index contributed by atoms with van der Waals surface area (Å²) in [4.78, 5) is 21.9. The van der Waals surface area contributed by atoms with Crippen LogP contribution in [-0.4, -0.2) is 47.8 Å². The molecule has 140 valence electrons. The van der Waals surface area contributed by atoms with Gasteiger partial charge in [0.25, 0.3) is 5.91 Å². The summed E-state index contributed by atoms with van der Waals surface area (Å²) in [5.41, 5.74) is 10.2. The standard InChI is InChI=1S/C20H22N4O3/c1-27-14-4-2-13(3-5-14)15-8-16(24-7-6-12(9-24)10-25)17(20(21)26)19-18(15)22-11-23-19/h2-5,8,11-12,25H,6-7,9-10H2,1H3,(H2,21,26)(H,22,23)/t12-/m0/s1. The van der Waals surface area contributed by atoms with Gasteiger partial charge in [0.1, 0.15) is 5.75 Å². The number of hydrogen-bond donors (Lipinski definition) is 3. The lowest BCUT2D eigenvalue weighted by molar-refractivity contribution is 0.100. The maximum atomic E-state index is 12.3. The van der Waals surface area contributed by atoms with E-state index in [1.54, 1.807) is 13.4 Å². The van der Waals surface area contributed by atoms with Gasteiger partial charge in [0.05, 0.1) is 35.7 Å². The molecule has 1 atom stereocenters. The van der Waals surface area contributed by atoms with Crippen molar-refractivity contribution in [3.8, 4) is 16.9 Å². The minimum absolute atomic E-state index is 0.139. The lowest BCUT2D eigenvalue weighted by Crippen LogP contribution is -2.25. The number of H-pyrrole nitrogens is 1. The molecule has 0 spiro atoms. The van der Waals surface area contributed by atoms with Crippen LogP contribution in [0.5, 0.6) is 5.75 Å². The fraction of sp³-hybridized carbons (Fsp3) is 0.300. The number of imidazole rings is 1. The molecule has 3 aromatic rings. The van der Waals surface area contributed by atoms with E-state index in [0.717, 1.165) is 35.5 Å². The fourth-order valence-corrected chi connectivity index (χ4v) is 3.78. The van der Waals surface area contributed by atoms with Gasteiger partial charge < -0.3 is 25.5 Å². The van der Waals surface area contributed by atoms with Crippen molar-refractivity contribution in [2.45, 2.75) is 6.42 Å². The average molecular weight is 366 g/mol. The lowest BCUT2D eigenvalue weighted by atomic mass is 9.98. The van der Waals surface area contributed by atoms with Gasteiger partial charge in [-0.1, -0.05) is 12.1 Å². The van der Waals surface area contributed by atoms with Gasteiger partial charge in [0.15, 0.2) is 0 Å². The average Bonchev–Trinajstić information content (AvgIpc) is 3.36. The second-order valence-electron chi connectivity index (χ2n) is 6.82. The Bertz CT molecular complexity index is 981. The van der Waals surface area contributed by atoms with E-state index in [1.165, 1.54) is 0 Å². The Balaban J connectivity index is 1.90. The second kappa shape index (κ2) is 6.92. The van der Waals surface area contributed by atoms with Gasteiger partial charge in [-0.05, 0) is 30.2 Å². The summed E-state index contributed by atoms with van der Waals surface area (Å²) < 4.78 is 5.24. The van der Waals surface area contributed by atoms with E-state index in [2.05, 4.69) is 14.9 Å². The lowest BCUT2D eigenvalue weighted by Gasteiger charge is -2.22.